The van der Waals surface area contributed by atoms with Crippen LogP contribution in [0.15, 0.2) is 170 Å². The normalized spacial score (nSPS) is 10.1. The Morgan fingerprint density at radius 2 is 0.301 bits per heavy atom. The van der Waals surface area contributed by atoms with Gasteiger partial charge in [0, 0.05) is 6.54 Å². The summed E-state index contributed by atoms with van der Waals surface area (Å²) in [6.07, 6.45) is 55.4. The molecule has 29 nitrogen and oxygen atoms in total. The molecule has 0 radical (unpaired) electrons. The molecule has 0 heterocycles. The van der Waals surface area contributed by atoms with Gasteiger partial charge in [-0.2, -0.15) is 0 Å². The van der Waals surface area contributed by atoms with E-state index in [2.05, 4.69) is 5.32 Å². The highest BCUT2D eigenvalue weighted by Crippen LogP contribution is 1.97. The topological polar surface area (TPSA) is 610 Å². The number of carbonyl (C=O) groups excluding carboxylic acids is 14. The predicted molar refractivity (Wildman–Crippen MR) is 421 cm³/mol. The zero-order valence-electron chi connectivity index (χ0n) is 64.4. The predicted octanol–water partition coefficient (Wildman–Crippen LogP) is 6.53. The molecule has 29 heteroatoms. The van der Waals surface area contributed by atoms with Crippen LogP contribution < -0.4 is 79.9 Å². The zero-order valence-corrected chi connectivity index (χ0v) is 64.4. The number of allylic oxidation sites excluding steroid dienone is 14. The molecule has 0 atom stereocenters. The van der Waals surface area contributed by atoms with Crippen LogP contribution in [0.1, 0.15) is 201 Å². The Kier molecular flexibility index (Phi) is 136. The maximum atomic E-state index is 10.9. The van der Waals surface area contributed by atoms with Crippen molar-refractivity contribution in [1.82, 2.24) is 5.32 Å². The van der Waals surface area contributed by atoms with Gasteiger partial charge in [-0.1, -0.05) is 182 Å². The van der Waals surface area contributed by atoms with Crippen molar-refractivity contribution in [2.45, 2.75) is 206 Å². The number of primary amides is 13. The number of amides is 14. The minimum atomic E-state index is -0.838. The van der Waals surface area contributed by atoms with E-state index < -0.39 is 5.60 Å². The molecule has 0 bridgehead atoms. The zero-order chi connectivity index (χ0) is 83.7. The maximum absolute atomic E-state index is 10.9. The molecule has 0 aromatic rings. The van der Waals surface area contributed by atoms with E-state index in [0.717, 1.165) is 89.9 Å². The molecule has 0 aliphatic heterocycles. The summed E-state index contributed by atoms with van der Waals surface area (Å²) >= 11 is 0. The standard InChI is InChI=1S/C9H17NO2.13C5H9NO/c1-4-5-6-8(11)10-7-9(2,3)12;13*1-2-3-4-5(6)7/h5-6,12H,4,7H2,1-3H3,(H,10,11);13*3-4H,2H2,1H3,(H2,6,7). The SMILES string of the molecule is CCC=CC(=O)NCC(C)(C)O.CCC=CC(N)=O.CCC=CC(N)=O.CCC=CC(N)=O.CCC=CC(N)=O.CCC=CC(N)=O.CCC=CC(N)=O.CCC=CC(N)=O.CCC=CC(N)=O.CCC=CC(N)=O.CCC=CC(N)=O.CCC=CC(N)=O.CCC=CC(N)=O.CCC=CC(N)=O. The van der Waals surface area contributed by atoms with E-state index in [-0.39, 0.29) is 89.2 Å². The van der Waals surface area contributed by atoms with E-state index in [1.165, 1.54) is 85.1 Å². The van der Waals surface area contributed by atoms with Crippen molar-refractivity contribution in [2.75, 3.05) is 6.54 Å². The molecule has 14 amide bonds. The van der Waals surface area contributed by atoms with Crippen LogP contribution in [0.4, 0.5) is 0 Å². The van der Waals surface area contributed by atoms with Gasteiger partial charge in [-0.05, 0) is 189 Å². The Morgan fingerprint density at radius 3 is 0.359 bits per heavy atom. The fourth-order valence-electron chi connectivity index (χ4n) is 3.63. The fourth-order valence-corrected chi connectivity index (χ4v) is 3.63. The van der Waals surface area contributed by atoms with E-state index in [4.69, 9.17) is 74.5 Å². The van der Waals surface area contributed by atoms with Gasteiger partial charge in [0.2, 0.25) is 82.7 Å². The van der Waals surface area contributed by atoms with Gasteiger partial charge in [-0.25, -0.2) is 0 Å². The molecule has 0 fully saturated rings. The van der Waals surface area contributed by atoms with Gasteiger partial charge in [0.25, 0.3) is 0 Å². The highest BCUT2D eigenvalue weighted by molar-refractivity contribution is 5.90. The third-order valence-electron chi connectivity index (χ3n) is 7.93. The summed E-state index contributed by atoms with van der Waals surface area (Å²) in [4.78, 5) is 140. The Hall–Kier alpha value is -11.1. The van der Waals surface area contributed by atoms with E-state index in [1.807, 2.05) is 96.9 Å². The second-order valence-corrected chi connectivity index (χ2v) is 19.1. The molecule has 0 aromatic carbocycles. The third kappa shape index (κ3) is 277. The highest BCUT2D eigenvalue weighted by atomic mass is 16.3. The van der Waals surface area contributed by atoms with Crippen LogP contribution >= 0.6 is 0 Å². The minimum absolute atomic E-state index is 0.154. The third-order valence-corrected chi connectivity index (χ3v) is 7.93. The van der Waals surface area contributed by atoms with Gasteiger partial charge in [0.1, 0.15) is 0 Å². The first-order valence-corrected chi connectivity index (χ1v) is 33.1. The van der Waals surface area contributed by atoms with Gasteiger partial charge >= 0.3 is 0 Å². The Morgan fingerprint density at radius 1 is 0.214 bits per heavy atom. The van der Waals surface area contributed by atoms with Gasteiger partial charge in [-0.15, -0.1) is 0 Å². The molecular weight excluding hydrogens is 1320 g/mol. The lowest BCUT2D eigenvalue weighted by atomic mass is 10.1. The number of carbonyl (C=O) groups is 14. The molecule has 0 unspecified atom stereocenters. The number of nitrogens with two attached hydrogens (primary N) is 13. The van der Waals surface area contributed by atoms with Crippen molar-refractivity contribution in [3.8, 4) is 0 Å². The molecule has 0 spiro atoms. The number of nitrogens with one attached hydrogen (secondary N) is 1. The summed E-state index contributed by atoms with van der Waals surface area (Å²) in [5, 5.41) is 11.8. The van der Waals surface area contributed by atoms with Crippen molar-refractivity contribution in [1.29, 1.82) is 0 Å². The van der Waals surface area contributed by atoms with Crippen molar-refractivity contribution in [3.05, 3.63) is 170 Å². The smallest absolute Gasteiger partial charge is 0.243 e. The van der Waals surface area contributed by atoms with E-state index in [9.17, 15) is 72.2 Å². The summed E-state index contributed by atoms with van der Waals surface area (Å²) < 4.78 is 0. The van der Waals surface area contributed by atoms with Crippen LogP contribution in [-0.4, -0.2) is 100.0 Å². The van der Waals surface area contributed by atoms with E-state index in [0.29, 0.717) is 0 Å². The largest absolute Gasteiger partial charge is 0.389 e. The molecular formula is C74H134N14O15. The van der Waals surface area contributed by atoms with Gasteiger partial charge in [0.15, 0.2) is 0 Å². The second-order valence-electron chi connectivity index (χ2n) is 19.1. The number of hydrogen-bond donors (Lipinski definition) is 15. The lowest BCUT2D eigenvalue weighted by molar-refractivity contribution is -0.118. The molecule has 0 saturated carbocycles. The summed E-state index contributed by atoms with van der Waals surface area (Å²) in [7, 11) is 0. The van der Waals surface area contributed by atoms with Crippen molar-refractivity contribution < 1.29 is 72.2 Å². The second kappa shape index (κ2) is 112. The summed E-state index contributed by atoms with van der Waals surface area (Å²) in [5.41, 5.74) is 60.9. The molecule has 0 aromatic heterocycles. The number of hydrogen-bond acceptors (Lipinski definition) is 15. The maximum Gasteiger partial charge on any atom is 0.243 e. The minimum Gasteiger partial charge on any atom is -0.389 e. The average Bonchev–Trinajstić information content (AvgIpc) is 1.07. The quantitative estimate of drug-likeness (QED) is 0.0340. The van der Waals surface area contributed by atoms with Crippen molar-refractivity contribution in [2.24, 2.45) is 74.5 Å². The Bertz CT molecular complexity index is 2040. The molecule has 28 N–H and O–H groups in total. The van der Waals surface area contributed by atoms with Crippen LogP contribution in [0, 0.1) is 0 Å². The number of aliphatic hydroxyl groups is 1. The van der Waals surface area contributed by atoms with Gasteiger partial charge in [-0.3, -0.25) is 67.1 Å². The lowest BCUT2D eigenvalue weighted by Gasteiger charge is -2.16. The van der Waals surface area contributed by atoms with Gasteiger partial charge < -0.3 is 85.0 Å². The summed E-state index contributed by atoms with van der Waals surface area (Å²) in [6, 6.07) is 0. The van der Waals surface area contributed by atoms with E-state index >= 15 is 0 Å². The van der Waals surface area contributed by atoms with Crippen molar-refractivity contribution >= 4 is 82.7 Å². The molecule has 0 aliphatic carbocycles. The summed E-state index contributed by atoms with van der Waals surface area (Å²) in [6.45, 7) is 30.8. The molecule has 0 rings (SSSR count). The van der Waals surface area contributed by atoms with Crippen LogP contribution in [-0.2, 0) is 67.1 Å². The fraction of sp³-hybridized carbons (Fsp3) is 0.432. The Balaban J connectivity index is -0.0000000692. The average molecular weight is 1460 g/mol. The Labute approximate surface area is 615 Å². The molecule has 0 saturated heterocycles. The monoisotopic (exact) mass is 1460 g/mol. The first kappa shape index (κ1) is 125. The van der Waals surface area contributed by atoms with Gasteiger partial charge in [0.05, 0.1) is 5.60 Å². The first-order valence-electron chi connectivity index (χ1n) is 33.1. The van der Waals surface area contributed by atoms with Crippen molar-refractivity contribution in [3.63, 3.8) is 0 Å². The first-order chi connectivity index (χ1) is 48.0. The highest BCUT2D eigenvalue weighted by Gasteiger charge is 2.12. The van der Waals surface area contributed by atoms with Crippen LogP contribution in [0.25, 0.3) is 0 Å². The van der Waals surface area contributed by atoms with Crippen LogP contribution in [0.2, 0.25) is 0 Å². The lowest BCUT2D eigenvalue weighted by Crippen LogP contribution is -2.37. The molecule has 0 aliphatic rings. The van der Waals surface area contributed by atoms with Crippen LogP contribution in [0.3, 0.4) is 0 Å². The molecule has 590 valence electrons. The van der Waals surface area contributed by atoms with Crippen LogP contribution in [0.5, 0.6) is 0 Å². The molecule has 103 heavy (non-hydrogen) atoms. The number of rotatable bonds is 30. The summed E-state index contributed by atoms with van der Waals surface area (Å²) in [5.74, 6) is -5.01. The van der Waals surface area contributed by atoms with E-state index in [1.54, 1.807) is 98.9 Å².